The number of fused-ring (bicyclic) bond motifs is 1. The van der Waals surface area contributed by atoms with Crippen LogP contribution in [0, 0.1) is 0 Å². The number of carbonyl (C=O) groups is 2. The van der Waals surface area contributed by atoms with Crippen molar-refractivity contribution in [2.45, 2.75) is 18.9 Å². The van der Waals surface area contributed by atoms with Gasteiger partial charge in [0.15, 0.2) is 5.76 Å². The minimum atomic E-state index is -0.717. The van der Waals surface area contributed by atoms with E-state index >= 15 is 0 Å². The third-order valence-electron chi connectivity index (χ3n) is 4.74. The molecule has 0 fully saturated rings. The number of nitrogens with one attached hydrogen (secondary N) is 2. The molecule has 1 unspecified atom stereocenters. The minimum Gasteiger partial charge on any atom is -0.459 e. The summed E-state index contributed by atoms with van der Waals surface area (Å²) in [6, 6.07) is 17.9. The normalized spacial score (nSPS) is 11.9. The molecule has 152 valence electrons. The Morgan fingerprint density at radius 2 is 1.87 bits per heavy atom. The Labute approximate surface area is 173 Å². The van der Waals surface area contributed by atoms with E-state index in [2.05, 4.69) is 15.6 Å². The molecule has 30 heavy (non-hydrogen) atoms. The molecule has 0 bridgehead atoms. The van der Waals surface area contributed by atoms with Gasteiger partial charge >= 0.3 is 0 Å². The Bertz CT molecular complexity index is 1090. The van der Waals surface area contributed by atoms with Gasteiger partial charge in [-0.15, -0.1) is 0 Å². The van der Waals surface area contributed by atoms with Crippen LogP contribution in [-0.2, 0) is 17.6 Å². The van der Waals surface area contributed by atoms with Gasteiger partial charge in [-0.25, -0.2) is 4.98 Å². The van der Waals surface area contributed by atoms with Crippen molar-refractivity contribution >= 4 is 17.5 Å². The van der Waals surface area contributed by atoms with Crippen LogP contribution in [0.1, 0.15) is 21.8 Å². The molecule has 0 spiro atoms. The fourth-order valence-corrected chi connectivity index (χ4v) is 3.24. The van der Waals surface area contributed by atoms with E-state index in [0.29, 0.717) is 19.4 Å². The molecule has 0 radical (unpaired) electrons. The lowest BCUT2D eigenvalue weighted by atomic mass is 10.0. The fourth-order valence-electron chi connectivity index (χ4n) is 3.24. The van der Waals surface area contributed by atoms with E-state index in [9.17, 15) is 9.59 Å². The lowest BCUT2D eigenvalue weighted by molar-refractivity contribution is -0.122. The second-order valence-electron chi connectivity index (χ2n) is 6.93. The van der Waals surface area contributed by atoms with Gasteiger partial charge < -0.3 is 19.5 Å². The number of pyridine rings is 1. The maximum Gasteiger partial charge on any atom is 0.287 e. The van der Waals surface area contributed by atoms with Gasteiger partial charge in [-0.05, 0) is 29.8 Å². The molecule has 3 aromatic heterocycles. The highest BCUT2D eigenvalue weighted by atomic mass is 16.3. The molecule has 2 N–H and O–H groups in total. The molecule has 0 saturated heterocycles. The van der Waals surface area contributed by atoms with Gasteiger partial charge in [0.25, 0.3) is 5.91 Å². The van der Waals surface area contributed by atoms with Crippen molar-refractivity contribution in [3.8, 4) is 0 Å². The summed E-state index contributed by atoms with van der Waals surface area (Å²) in [6.45, 7) is 0.421. The first-order valence-electron chi connectivity index (χ1n) is 9.77. The number of benzene rings is 1. The maximum absolute atomic E-state index is 12.8. The highest BCUT2D eigenvalue weighted by Gasteiger charge is 2.22. The first-order chi connectivity index (χ1) is 14.7. The van der Waals surface area contributed by atoms with Crippen LogP contribution in [0.4, 0.5) is 0 Å². The summed E-state index contributed by atoms with van der Waals surface area (Å²) in [5, 5.41) is 5.69. The fraction of sp³-hybridized carbons (Fsp3) is 0.174. The molecule has 0 aliphatic rings. The number of amides is 2. The number of furan rings is 1. The van der Waals surface area contributed by atoms with Gasteiger partial charge in [0.2, 0.25) is 5.91 Å². The van der Waals surface area contributed by atoms with Crippen LogP contribution < -0.4 is 10.6 Å². The molecule has 1 atom stereocenters. The molecular formula is C23H22N4O3. The summed E-state index contributed by atoms with van der Waals surface area (Å²) in [5.41, 5.74) is 2.71. The molecule has 0 aliphatic heterocycles. The molecule has 4 aromatic rings. The Hall–Kier alpha value is -3.87. The van der Waals surface area contributed by atoms with E-state index in [-0.39, 0.29) is 11.7 Å². The molecule has 1 aromatic carbocycles. The van der Waals surface area contributed by atoms with E-state index in [1.165, 1.54) is 6.26 Å². The van der Waals surface area contributed by atoms with Crippen molar-refractivity contribution < 1.29 is 14.0 Å². The zero-order valence-electron chi connectivity index (χ0n) is 16.3. The van der Waals surface area contributed by atoms with Crippen LogP contribution >= 0.6 is 0 Å². The zero-order chi connectivity index (χ0) is 20.8. The van der Waals surface area contributed by atoms with Crippen LogP contribution in [0.5, 0.6) is 0 Å². The standard InChI is InChI=1S/C23H22N4O3/c28-22(24-12-11-18-16-27-13-5-4-10-21(27)25-18)19(15-17-7-2-1-3-8-17)26-23(29)20-9-6-14-30-20/h1-10,13-14,16,19H,11-12,15H2,(H,24,28)(H,26,29). The maximum atomic E-state index is 12.8. The number of aromatic nitrogens is 2. The van der Waals surface area contributed by atoms with E-state index in [1.807, 2.05) is 65.3 Å². The van der Waals surface area contributed by atoms with Crippen LogP contribution in [0.2, 0.25) is 0 Å². The van der Waals surface area contributed by atoms with E-state index in [4.69, 9.17) is 4.42 Å². The summed E-state index contributed by atoms with van der Waals surface area (Å²) in [5.74, 6) is -0.496. The largest absolute Gasteiger partial charge is 0.459 e. The predicted octanol–water partition coefficient (Wildman–Crippen LogP) is 2.63. The average Bonchev–Trinajstić information content (AvgIpc) is 3.43. The van der Waals surface area contributed by atoms with E-state index in [1.54, 1.807) is 12.1 Å². The predicted molar refractivity (Wildman–Crippen MR) is 112 cm³/mol. The van der Waals surface area contributed by atoms with Crippen molar-refractivity contribution in [1.82, 2.24) is 20.0 Å². The van der Waals surface area contributed by atoms with Gasteiger partial charge in [0.05, 0.1) is 12.0 Å². The van der Waals surface area contributed by atoms with Crippen LogP contribution in [0.15, 0.2) is 83.7 Å². The van der Waals surface area contributed by atoms with E-state index in [0.717, 1.165) is 16.9 Å². The zero-order valence-corrected chi connectivity index (χ0v) is 16.3. The second kappa shape index (κ2) is 9.09. The third kappa shape index (κ3) is 4.75. The molecule has 3 heterocycles. The Kier molecular flexibility index (Phi) is 5.89. The van der Waals surface area contributed by atoms with Crippen molar-refractivity contribution in [2.24, 2.45) is 0 Å². The van der Waals surface area contributed by atoms with Crippen LogP contribution in [0.3, 0.4) is 0 Å². The van der Waals surface area contributed by atoms with Gasteiger partial charge in [-0.3, -0.25) is 9.59 Å². The number of hydrogen-bond donors (Lipinski definition) is 2. The molecule has 2 amide bonds. The van der Waals surface area contributed by atoms with Gasteiger partial charge in [-0.1, -0.05) is 36.4 Å². The van der Waals surface area contributed by atoms with Crippen molar-refractivity contribution in [1.29, 1.82) is 0 Å². The summed E-state index contributed by atoms with van der Waals surface area (Å²) < 4.78 is 7.08. The number of carbonyl (C=O) groups excluding carboxylic acids is 2. The second-order valence-corrected chi connectivity index (χ2v) is 6.93. The topological polar surface area (TPSA) is 88.6 Å². The first kappa shape index (κ1) is 19.4. The highest BCUT2D eigenvalue weighted by molar-refractivity contribution is 5.95. The third-order valence-corrected chi connectivity index (χ3v) is 4.74. The molecule has 7 nitrogen and oxygen atoms in total. The molecule has 4 rings (SSSR count). The van der Waals surface area contributed by atoms with Gasteiger partial charge in [0, 0.05) is 31.8 Å². The molecule has 0 saturated carbocycles. The van der Waals surface area contributed by atoms with Crippen LogP contribution in [0.25, 0.3) is 5.65 Å². The SMILES string of the molecule is O=C(NC(Cc1ccccc1)C(=O)NCCc1cn2ccccc2n1)c1ccco1. The lowest BCUT2D eigenvalue weighted by Crippen LogP contribution is -2.48. The first-order valence-corrected chi connectivity index (χ1v) is 9.77. The van der Waals surface area contributed by atoms with Crippen molar-refractivity contribution in [2.75, 3.05) is 6.54 Å². The summed E-state index contributed by atoms with van der Waals surface area (Å²) in [6.07, 6.45) is 6.28. The minimum absolute atomic E-state index is 0.172. The highest BCUT2D eigenvalue weighted by Crippen LogP contribution is 2.07. The van der Waals surface area contributed by atoms with Gasteiger partial charge in [-0.2, -0.15) is 0 Å². The molecular weight excluding hydrogens is 380 g/mol. The van der Waals surface area contributed by atoms with Crippen molar-refractivity contribution in [3.05, 3.63) is 96.3 Å². The summed E-state index contributed by atoms with van der Waals surface area (Å²) in [7, 11) is 0. The number of nitrogens with zero attached hydrogens (tertiary/aromatic N) is 2. The Balaban J connectivity index is 1.39. The quantitative estimate of drug-likeness (QED) is 0.474. The molecule has 0 aliphatic carbocycles. The monoisotopic (exact) mass is 402 g/mol. The Morgan fingerprint density at radius 3 is 2.63 bits per heavy atom. The van der Waals surface area contributed by atoms with Crippen molar-refractivity contribution in [3.63, 3.8) is 0 Å². The summed E-state index contributed by atoms with van der Waals surface area (Å²) >= 11 is 0. The number of rotatable bonds is 8. The van der Waals surface area contributed by atoms with Crippen LogP contribution in [-0.4, -0.2) is 33.8 Å². The number of hydrogen-bond acceptors (Lipinski definition) is 4. The lowest BCUT2D eigenvalue weighted by Gasteiger charge is -2.18. The smallest absolute Gasteiger partial charge is 0.287 e. The van der Waals surface area contributed by atoms with E-state index < -0.39 is 11.9 Å². The number of imidazole rings is 1. The van der Waals surface area contributed by atoms with Gasteiger partial charge in [0.1, 0.15) is 11.7 Å². The summed E-state index contributed by atoms with van der Waals surface area (Å²) in [4.78, 5) is 29.8. The molecule has 7 heteroatoms. The average molecular weight is 402 g/mol. The Morgan fingerprint density at radius 1 is 1.03 bits per heavy atom.